The zero-order valence-corrected chi connectivity index (χ0v) is 13.8. The molecule has 0 aliphatic heterocycles. The summed E-state index contributed by atoms with van der Waals surface area (Å²) in [7, 11) is 1.56. The van der Waals surface area contributed by atoms with Crippen LogP contribution in [-0.2, 0) is 16.1 Å². The summed E-state index contributed by atoms with van der Waals surface area (Å²) in [5.74, 6) is -0.497. The van der Waals surface area contributed by atoms with E-state index in [0.717, 1.165) is 5.56 Å². The summed E-state index contributed by atoms with van der Waals surface area (Å²) in [5.41, 5.74) is 0.0995. The standard InChI is InChI=1S/C19H19FN2O3/c1-25-16-8-3-2-5-13(16)12-21-17(23)19(9-10-19)18(24)22-15-7-4-6-14(20)11-15/h2-8,11H,9-10,12H2,1H3,(H,21,23)(H,22,24). The van der Waals surface area contributed by atoms with Crippen molar-refractivity contribution in [3.8, 4) is 5.75 Å². The van der Waals surface area contributed by atoms with Gasteiger partial charge in [-0.2, -0.15) is 0 Å². The number of methoxy groups -OCH3 is 1. The first-order valence-electron chi connectivity index (χ1n) is 8.02. The first kappa shape index (κ1) is 17.0. The Labute approximate surface area is 145 Å². The van der Waals surface area contributed by atoms with Crippen molar-refractivity contribution >= 4 is 17.5 Å². The fourth-order valence-corrected chi connectivity index (χ4v) is 2.69. The summed E-state index contributed by atoms with van der Waals surface area (Å²) in [6.45, 7) is 0.276. The van der Waals surface area contributed by atoms with Crippen molar-refractivity contribution in [2.75, 3.05) is 12.4 Å². The molecule has 0 unspecified atom stereocenters. The molecular formula is C19H19FN2O3. The van der Waals surface area contributed by atoms with Crippen LogP contribution in [0.1, 0.15) is 18.4 Å². The van der Waals surface area contributed by atoms with Crippen molar-refractivity contribution in [2.45, 2.75) is 19.4 Å². The molecule has 0 saturated heterocycles. The number of para-hydroxylation sites is 1. The van der Waals surface area contributed by atoms with Crippen LogP contribution in [0, 0.1) is 11.2 Å². The third kappa shape index (κ3) is 3.63. The molecular weight excluding hydrogens is 323 g/mol. The minimum Gasteiger partial charge on any atom is -0.496 e. The van der Waals surface area contributed by atoms with Crippen molar-refractivity contribution < 1.29 is 18.7 Å². The van der Waals surface area contributed by atoms with Crippen LogP contribution in [-0.4, -0.2) is 18.9 Å². The third-order valence-corrected chi connectivity index (χ3v) is 4.33. The van der Waals surface area contributed by atoms with E-state index in [1.165, 1.54) is 18.2 Å². The van der Waals surface area contributed by atoms with Gasteiger partial charge in [-0.3, -0.25) is 9.59 Å². The van der Waals surface area contributed by atoms with Crippen molar-refractivity contribution in [2.24, 2.45) is 5.41 Å². The molecule has 0 radical (unpaired) electrons. The summed E-state index contributed by atoms with van der Waals surface area (Å²) in [5, 5.41) is 5.42. The van der Waals surface area contributed by atoms with Gasteiger partial charge in [-0.25, -0.2) is 4.39 Å². The van der Waals surface area contributed by atoms with Crippen molar-refractivity contribution in [1.29, 1.82) is 0 Å². The quantitative estimate of drug-likeness (QED) is 0.793. The average molecular weight is 342 g/mol. The zero-order valence-electron chi connectivity index (χ0n) is 13.8. The van der Waals surface area contributed by atoms with E-state index in [2.05, 4.69) is 10.6 Å². The first-order valence-corrected chi connectivity index (χ1v) is 8.02. The number of ether oxygens (including phenoxy) is 1. The van der Waals surface area contributed by atoms with E-state index in [1.54, 1.807) is 13.2 Å². The molecule has 1 aliphatic rings. The van der Waals surface area contributed by atoms with Crippen molar-refractivity contribution in [1.82, 2.24) is 5.32 Å². The number of carbonyl (C=O) groups is 2. The van der Waals surface area contributed by atoms with Crippen LogP contribution in [0.15, 0.2) is 48.5 Å². The summed E-state index contributed by atoms with van der Waals surface area (Å²) < 4.78 is 18.5. The van der Waals surface area contributed by atoms with Crippen LogP contribution >= 0.6 is 0 Å². The Kier molecular flexibility index (Phi) is 4.70. The SMILES string of the molecule is COc1ccccc1CNC(=O)C1(C(=O)Nc2cccc(F)c2)CC1. The molecule has 0 heterocycles. The van der Waals surface area contributed by atoms with Crippen LogP contribution in [0.25, 0.3) is 0 Å². The third-order valence-electron chi connectivity index (χ3n) is 4.33. The van der Waals surface area contributed by atoms with E-state index in [-0.39, 0.29) is 12.5 Å². The number of carbonyl (C=O) groups excluding carboxylic acids is 2. The van der Waals surface area contributed by atoms with Gasteiger partial charge in [-0.1, -0.05) is 24.3 Å². The van der Waals surface area contributed by atoms with Gasteiger partial charge in [0.15, 0.2) is 0 Å². The maximum Gasteiger partial charge on any atom is 0.240 e. The lowest BCUT2D eigenvalue weighted by molar-refractivity contribution is -0.134. The van der Waals surface area contributed by atoms with Crippen molar-refractivity contribution in [3.63, 3.8) is 0 Å². The van der Waals surface area contributed by atoms with E-state index in [1.807, 2.05) is 24.3 Å². The maximum absolute atomic E-state index is 13.2. The number of halogens is 1. The van der Waals surface area contributed by atoms with Crippen LogP contribution in [0.5, 0.6) is 5.75 Å². The molecule has 0 bridgehead atoms. The molecule has 6 heteroatoms. The minimum atomic E-state index is -1.08. The smallest absolute Gasteiger partial charge is 0.240 e. The van der Waals surface area contributed by atoms with E-state index in [9.17, 15) is 14.0 Å². The Morgan fingerprint density at radius 1 is 1.12 bits per heavy atom. The fourth-order valence-electron chi connectivity index (χ4n) is 2.69. The molecule has 1 saturated carbocycles. The van der Waals surface area contributed by atoms with Crippen LogP contribution in [0.4, 0.5) is 10.1 Å². The zero-order chi connectivity index (χ0) is 17.9. The predicted octanol–water partition coefficient (Wildman–Crippen LogP) is 2.87. The number of amides is 2. The van der Waals surface area contributed by atoms with E-state index >= 15 is 0 Å². The number of hydrogen-bond acceptors (Lipinski definition) is 3. The average Bonchev–Trinajstić information content (AvgIpc) is 3.42. The Morgan fingerprint density at radius 2 is 1.88 bits per heavy atom. The molecule has 0 atom stereocenters. The minimum absolute atomic E-state index is 0.276. The topological polar surface area (TPSA) is 67.4 Å². The van der Waals surface area contributed by atoms with Gasteiger partial charge in [0, 0.05) is 17.8 Å². The summed E-state index contributed by atoms with van der Waals surface area (Å²) in [4.78, 5) is 25.0. The molecule has 0 aromatic heterocycles. The second kappa shape index (κ2) is 6.93. The number of hydrogen-bond donors (Lipinski definition) is 2. The van der Waals surface area contributed by atoms with Gasteiger partial charge < -0.3 is 15.4 Å². The highest BCUT2D eigenvalue weighted by Crippen LogP contribution is 2.47. The summed E-state index contributed by atoms with van der Waals surface area (Å²) in [6, 6.07) is 13.0. The molecule has 1 aliphatic carbocycles. The predicted molar refractivity (Wildman–Crippen MR) is 91.5 cm³/mol. The van der Waals surface area contributed by atoms with Crippen LogP contribution in [0.2, 0.25) is 0 Å². The van der Waals surface area contributed by atoms with E-state index in [0.29, 0.717) is 24.3 Å². The molecule has 130 valence electrons. The Bertz CT molecular complexity index is 803. The summed E-state index contributed by atoms with van der Waals surface area (Å²) in [6.07, 6.45) is 0.956. The second-order valence-electron chi connectivity index (χ2n) is 6.04. The number of rotatable bonds is 6. The Morgan fingerprint density at radius 3 is 2.56 bits per heavy atom. The number of nitrogens with one attached hydrogen (secondary N) is 2. The monoisotopic (exact) mass is 342 g/mol. The van der Waals surface area contributed by atoms with Gasteiger partial charge in [-0.15, -0.1) is 0 Å². The number of anilines is 1. The highest BCUT2D eigenvalue weighted by molar-refractivity contribution is 6.13. The largest absolute Gasteiger partial charge is 0.496 e. The highest BCUT2D eigenvalue weighted by atomic mass is 19.1. The van der Waals surface area contributed by atoms with Crippen LogP contribution < -0.4 is 15.4 Å². The van der Waals surface area contributed by atoms with E-state index < -0.39 is 17.1 Å². The molecule has 2 aromatic rings. The van der Waals surface area contributed by atoms with Gasteiger partial charge in [0.05, 0.1) is 7.11 Å². The van der Waals surface area contributed by atoms with Gasteiger partial charge in [0.1, 0.15) is 17.0 Å². The molecule has 2 N–H and O–H groups in total. The van der Waals surface area contributed by atoms with Crippen LogP contribution in [0.3, 0.4) is 0 Å². The van der Waals surface area contributed by atoms with E-state index in [4.69, 9.17) is 4.74 Å². The van der Waals surface area contributed by atoms with Gasteiger partial charge in [-0.05, 0) is 37.1 Å². The van der Waals surface area contributed by atoms with Gasteiger partial charge in [0.25, 0.3) is 0 Å². The van der Waals surface area contributed by atoms with Crippen molar-refractivity contribution in [3.05, 3.63) is 59.9 Å². The Balaban J connectivity index is 1.64. The second-order valence-corrected chi connectivity index (χ2v) is 6.04. The van der Waals surface area contributed by atoms with Gasteiger partial charge >= 0.3 is 0 Å². The lowest BCUT2D eigenvalue weighted by atomic mass is 10.0. The molecule has 1 fully saturated rings. The van der Waals surface area contributed by atoms with Gasteiger partial charge in [0.2, 0.25) is 11.8 Å². The maximum atomic E-state index is 13.2. The molecule has 2 amide bonds. The lowest BCUT2D eigenvalue weighted by Gasteiger charge is -2.16. The molecule has 0 spiro atoms. The molecule has 3 rings (SSSR count). The first-order chi connectivity index (χ1) is 12.0. The molecule has 5 nitrogen and oxygen atoms in total. The molecule has 2 aromatic carbocycles. The lowest BCUT2D eigenvalue weighted by Crippen LogP contribution is -2.39. The number of benzene rings is 2. The highest BCUT2D eigenvalue weighted by Gasteiger charge is 2.56. The normalized spacial score (nSPS) is 14.5. The fraction of sp³-hybridized carbons (Fsp3) is 0.263. The Hall–Kier alpha value is -2.89. The molecule has 25 heavy (non-hydrogen) atoms. The summed E-state index contributed by atoms with van der Waals surface area (Å²) >= 11 is 0.